The first-order chi connectivity index (χ1) is 11.9. The molecule has 0 atom stereocenters. The summed E-state index contributed by atoms with van der Waals surface area (Å²) in [7, 11) is 1.72. The summed E-state index contributed by atoms with van der Waals surface area (Å²) in [6.07, 6.45) is 8.95. The van der Waals surface area contributed by atoms with Crippen LogP contribution in [0.15, 0.2) is 6.33 Å². The zero-order chi connectivity index (χ0) is 17.6. The Bertz CT molecular complexity index is 765. The van der Waals surface area contributed by atoms with Gasteiger partial charge in [-0.3, -0.25) is 0 Å². The van der Waals surface area contributed by atoms with Crippen molar-refractivity contribution in [2.45, 2.75) is 57.0 Å². The van der Waals surface area contributed by atoms with Crippen molar-refractivity contribution in [3.05, 3.63) is 16.8 Å². The van der Waals surface area contributed by atoms with Gasteiger partial charge in [0.15, 0.2) is 0 Å². The lowest BCUT2D eigenvalue weighted by Gasteiger charge is -2.33. The van der Waals surface area contributed by atoms with Gasteiger partial charge in [-0.25, -0.2) is 9.97 Å². The zero-order valence-corrected chi connectivity index (χ0v) is 13.7. The van der Waals surface area contributed by atoms with Gasteiger partial charge in [-0.2, -0.15) is 0 Å². The number of fused-ring (bicyclic) bond motifs is 3. The second-order valence-corrected chi connectivity index (χ2v) is 7.60. The smallest absolute Gasteiger partial charge is 0.138 e. The van der Waals surface area contributed by atoms with Gasteiger partial charge in [-0.1, -0.05) is 0 Å². The summed E-state index contributed by atoms with van der Waals surface area (Å²) in [5.41, 5.74) is 1.44. The number of anilines is 1. The Labute approximate surface area is 140 Å². The molecule has 1 fully saturated rings. The van der Waals surface area contributed by atoms with Crippen LogP contribution in [0.3, 0.4) is 0 Å². The molecule has 0 saturated heterocycles. The number of aryl methyl sites for hydroxylation is 2. The molecule has 0 bridgehead atoms. The first kappa shape index (κ1) is 11.4. The monoisotopic (exact) mass is 319 g/mol. The van der Waals surface area contributed by atoms with Gasteiger partial charge in [0, 0.05) is 21.1 Å². The van der Waals surface area contributed by atoms with E-state index in [1.54, 1.807) is 18.3 Å². The second kappa shape index (κ2) is 5.78. The van der Waals surface area contributed by atoms with E-state index < -0.39 is 6.98 Å². The highest BCUT2D eigenvalue weighted by Gasteiger charge is 2.25. The largest absolute Gasteiger partial charge is 0.367 e. The third-order valence-corrected chi connectivity index (χ3v) is 6.29. The average molecular weight is 319 g/mol. The summed E-state index contributed by atoms with van der Waals surface area (Å²) in [6, 6.07) is 0.498. The van der Waals surface area contributed by atoms with E-state index in [1.807, 2.05) is 11.3 Å². The van der Waals surface area contributed by atoms with Crippen molar-refractivity contribution in [3.63, 3.8) is 0 Å². The summed E-state index contributed by atoms with van der Waals surface area (Å²) in [5, 5.41) is 4.86. The summed E-state index contributed by atoms with van der Waals surface area (Å²) in [5.74, 6) is 0.969. The average Bonchev–Trinajstić information content (AvgIpc) is 3.15. The molecule has 22 heavy (non-hydrogen) atoms. The van der Waals surface area contributed by atoms with Gasteiger partial charge in [0.2, 0.25) is 0 Å². The third-order valence-electron chi connectivity index (χ3n) is 5.09. The van der Waals surface area contributed by atoms with Crippen molar-refractivity contribution in [1.29, 1.82) is 0 Å². The van der Waals surface area contributed by atoms with E-state index in [4.69, 9.17) is 4.11 Å². The van der Waals surface area contributed by atoms with Gasteiger partial charge in [0.25, 0.3) is 0 Å². The SMILES string of the molecule is [2H]C([2H])([2H])N(C)C1CCC(Nc2ncnc3sc4c(c23)CCC4)CC1. The number of aromatic nitrogens is 2. The van der Waals surface area contributed by atoms with Crippen LogP contribution in [0.25, 0.3) is 10.2 Å². The standard InChI is InChI=1S/C17H24N4S/c1-21(2)12-8-6-11(7-9-12)20-16-15-13-4-3-5-14(13)22-17(15)19-10-18-16/h10-12H,3-9H2,1-2H3,(H,18,19,20)/i1D3. The molecule has 1 N–H and O–H groups in total. The fourth-order valence-electron chi connectivity index (χ4n) is 3.84. The number of nitrogens with one attached hydrogen (secondary N) is 1. The maximum atomic E-state index is 7.57. The van der Waals surface area contributed by atoms with Gasteiger partial charge >= 0.3 is 0 Å². The highest BCUT2D eigenvalue weighted by molar-refractivity contribution is 7.19. The van der Waals surface area contributed by atoms with Gasteiger partial charge in [0.05, 0.1) is 5.39 Å². The Hall–Kier alpha value is -1.20. The molecular weight excluding hydrogens is 292 g/mol. The van der Waals surface area contributed by atoms with Crippen molar-refractivity contribution in [2.24, 2.45) is 0 Å². The lowest BCUT2D eigenvalue weighted by molar-refractivity contribution is 0.221. The number of hydrogen-bond acceptors (Lipinski definition) is 5. The fourth-order valence-corrected chi connectivity index (χ4v) is 5.07. The molecule has 118 valence electrons. The molecule has 0 aromatic carbocycles. The fraction of sp³-hybridized carbons (Fsp3) is 0.647. The van der Waals surface area contributed by atoms with E-state index in [1.165, 1.54) is 28.7 Å². The molecule has 4 nitrogen and oxygen atoms in total. The number of hydrogen-bond donors (Lipinski definition) is 1. The molecule has 0 amide bonds. The van der Waals surface area contributed by atoms with Gasteiger partial charge < -0.3 is 10.2 Å². The predicted octanol–water partition coefficient (Wildman–Crippen LogP) is 3.46. The minimum Gasteiger partial charge on any atom is -0.367 e. The first-order valence-corrected chi connectivity index (χ1v) is 9.00. The van der Waals surface area contributed by atoms with Crippen LogP contribution < -0.4 is 5.32 Å². The van der Waals surface area contributed by atoms with E-state index in [9.17, 15) is 0 Å². The second-order valence-electron chi connectivity index (χ2n) is 6.52. The topological polar surface area (TPSA) is 41.0 Å². The van der Waals surface area contributed by atoms with Crippen LogP contribution >= 0.6 is 11.3 Å². The summed E-state index contributed by atoms with van der Waals surface area (Å²) < 4.78 is 22.7. The van der Waals surface area contributed by atoms with Crippen molar-refractivity contribution in [2.75, 3.05) is 19.3 Å². The quantitative estimate of drug-likeness (QED) is 0.940. The molecule has 2 aromatic heterocycles. The van der Waals surface area contributed by atoms with Crippen molar-refractivity contribution >= 4 is 27.4 Å². The van der Waals surface area contributed by atoms with Crippen LogP contribution in [0.1, 0.15) is 46.7 Å². The van der Waals surface area contributed by atoms with Crippen LogP contribution in [-0.2, 0) is 12.8 Å². The highest BCUT2D eigenvalue weighted by Crippen LogP contribution is 2.39. The normalized spacial score (nSPS) is 27.5. The van der Waals surface area contributed by atoms with Crippen molar-refractivity contribution in [3.8, 4) is 0 Å². The summed E-state index contributed by atoms with van der Waals surface area (Å²) in [6.45, 7) is -2.00. The minimum absolute atomic E-state index is 0.140. The van der Waals surface area contributed by atoms with Gasteiger partial charge in [0.1, 0.15) is 17.0 Å². The maximum absolute atomic E-state index is 7.57. The number of rotatable bonds is 3. The van der Waals surface area contributed by atoms with E-state index in [2.05, 4.69) is 15.3 Å². The van der Waals surface area contributed by atoms with E-state index in [-0.39, 0.29) is 6.04 Å². The van der Waals surface area contributed by atoms with Gasteiger partial charge in [-0.15, -0.1) is 11.3 Å². The van der Waals surface area contributed by atoms with Crippen LogP contribution in [-0.4, -0.2) is 41.0 Å². The van der Waals surface area contributed by atoms with E-state index >= 15 is 0 Å². The Morgan fingerprint density at radius 1 is 1.27 bits per heavy atom. The molecule has 5 heteroatoms. The minimum atomic E-state index is -2.00. The Morgan fingerprint density at radius 3 is 2.95 bits per heavy atom. The molecule has 0 spiro atoms. The molecule has 2 heterocycles. The molecule has 0 radical (unpaired) electrons. The number of thiophene rings is 1. The molecule has 4 rings (SSSR count). The van der Waals surface area contributed by atoms with E-state index in [0.717, 1.165) is 42.8 Å². The molecule has 1 saturated carbocycles. The van der Waals surface area contributed by atoms with Crippen LogP contribution in [0, 0.1) is 0 Å². The molecule has 2 aliphatic carbocycles. The Kier molecular flexibility index (Phi) is 2.98. The van der Waals surface area contributed by atoms with E-state index in [0.29, 0.717) is 6.04 Å². The Morgan fingerprint density at radius 2 is 2.14 bits per heavy atom. The molecule has 0 aliphatic heterocycles. The summed E-state index contributed by atoms with van der Waals surface area (Å²) in [4.78, 5) is 13.1. The maximum Gasteiger partial charge on any atom is 0.138 e. The van der Waals surface area contributed by atoms with Crippen LogP contribution in [0.4, 0.5) is 5.82 Å². The lowest BCUT2D eigenvalue weighted by Crippen LogP contribution is -2.36. The predicted molar refractivity (Wildman–Crippen MR) is 92.8 cm³/mol. The third kappa shape index (κ3) is 2.50. The number of nitrogens with zero attached hydrogens (tertiary/aromatic N) is 3. The molecule has 2 aromatic rings. The van der Waals surface area contributed by atoms with Crippen LogP contribution in [0.2, 0.25) is 0 Å². The lowest BCUT2D eigenvalue weighted by atomic mass is 9.90. The van der Waals surface area contributed by atoms with Gasteiger partial charge in [-0.05, 0) is 64.5 Å². The Balaban J connectivity index is 1.47. The molecule has 2 aliphatic rings. The van der Waals surface area contributed by atoms with Crippen molar-refractivity contribution in [1.82, 2.24) is 14.9 Å². The summed E-state index contributed by atoms with van der Waals surface area (Å²) >= 11 is 1.81. The van der Waals surface area contributed by atoms with Crippen molar-refractivity contribution < 1.29 is 4.11 Å². The first-order valence-electron chi connectivity index (χ1n) is 9.68. The molecular formula is C17H24N4S. The zero-order valence-electron chi connectivity index (χ0n) is 15.9. The molecule has 0 unspecified atom stereocenters. The highest BCUT2D eigenvalue weighted by atomic mass is 32.1. The van der Waals surface area contributed by atoms with Crippen LogP contribution in [0.5, 0.6) is 0 Å².